The van der Waals surface area contributed by atoms with Gasteiger partial charge < -0.3 is 9.47 Å². The summed E-state index contributed by atoms with van der Waals surface area (Å²) in [6, 6.07) is -1.68. The summed E-state index contributed by atoms with van der Waals surface area (Å²) in [6.07, 6.45) is 0.904. The van der Waals surface area contributed by atoms with Gasteiger partial charge in [0.15, 0.2) is 0 Å². The highest BCUT2D eigenvalue weighted by Gasteiger charge is 2.35. The molecular weight excluding hydrogens is 437 g/mol. The second-order valence-corrected chi connectivity index (χ2v) is 11.1. The van der Waals surface area contributed by atoms with E-state index in [4.69, 9.17) is 9.47 Å². The summed E-state index contributed by atoms with van der Waals surface area (Å²) in [5, 5.41) is 15.6. The maximum absolute atomic E-state index is 13.9. The van der Waals surface area contributed by atoms with E-state index >= 15 is 0 Å². The number of rotatable bonds is 16. The Morgan fingerprint density at radius 2 is 1.31 bits per heavy atom. The number of hydrogen-bond donors (Lipinski definition) is 3. The molecule has 0 saturated carbocycles. The van der Waals surface area contributed by atoms with E-state index in [1.54, 1.807) is 13.8 Å². The van der Waals surface area contributed by atoms with Crippen LogP contribution in [0.25, 0.3) is 0 Å². The Bertz CT molecular complexity index is 603. The van der Waals surface area contributed by atoms with Gasteiger partial charge >= 0.3 is 11.9 Å². The SMILES string of the molecule is CCOC(=O)[C@H](CC(C)C)NP(=O)(CCCC(=O)N(C)O)N[C@@H](CC(C)C)C(=O)OCC. The van der Waals surface area contributed by atoms with Gasteiger partial charge in [-0.2, -0.15) is 0 Å². The third-order valence-corrected chi connectivity index (χ3v) is 6.91. The van der Waals surface area contributed by atoms with E-state index in [1.807, 2.05) is 27.7 Å². The first kappa shape index (κ1) is 30.5. The molecule has 11 heteroatoms. The molecule has 0 fully saturated rings. The zero-order valence-electron chi connectivity index (χ0n) is 20.6. The lowest BCUT2D eigenvalue weighted by atomic mass is 10.1. The highest BCUT2D eigenvalue weighted by Crippen LogP contribution is 2.40. The van der Waals surface area contributed by atoms with Gasteiger partial charge in [0.2, 0.25) is 13.4 Å². The number of nitrogens with zero attached hydrogens (tertiary/aromatic N) is 1. The normalized spacial score (nSPS) is 13.7. The van der Waals surface area contributed by atoms with Crippen molar-refractivity contribution < 1.29 is 33.6 Å². The predicted molar refractivity (Wildman–Crippen MR) is 122 cm³/mol. The molecule has 1 amide bonds. The van der Waals surface area contributed by atoms with Crippen molar-refractivity contribution >= 4 is 25.3 Å². The topological polar surface area (TPSA) is 134 Å². The molecule has 0 aromatic heterocycles. The molecule has 0 bridgehead atoms. The molecule has 188 valence electrons. The van der Waals surface area contributed by atoms with Crippen molar-refractivity contribution in [3.63, 3.8) is 0 Å². The van der Waals surface area contributed by atoms with Crippen LogP contribution in [0, 0.1) is 11.8 Å². The summed E-state index contributed by atoms with van der Waals surface area (Å²) < 4.78 is 24.2. The molecule has 2 atom stereocenters. The van der Waals surface area contributed by atoms with Gasteiger partial charge in [0.1, 0.15) is 12.1 Å². The molecule has 0 rings (SSSR count). The van der Waals surface area contributed by atoms with Crippen molar-refractivity contribution in [1.29, 1.82) is 0 Å². The fourth-order valence-corrected chi connectivity index (χ4v) is 5.48. The minimum Gasteiger partial charge on any atom is -0.465 e. The zero-order valence-corrected chi connectivity index (χ0v) is 21.4. The summed E-state index contributed by atoms with van der Waals surface area (Å²) in [4.78, 5) is 36.8. The molecule has 0 aromatic carbocycles. The lowest BCUT2D eigenvalue weighted by molar-refractivity contribution is -0.159. The second-order valence-electron chi connectivity index (χ2n) is 8.61. The van der Waals surface area contributed by atoms with Crippen molar-refractivity contribution in [3.05, 3.63) is 0 Å². The van der Waals surface area contributed by atoms with Crippen LogP contribution in [-0.2, 0) is 28.4 Å². The molecule has 0 heterocycles. The summed E-state index contributed by atoms with van der Waals surface area (Å²) >= 11 is 0. The Kier molecular flexibility index (Phi) is 14.7. The maximum Gasteiger partial charge on any atom is 0.323 e. The highest BCUT2D eigenvalue weighted by molar-refractivity contribution is 7.59. The van der Waals surface area contributed by atoms with Gasteiger partial charge in [-0.05, 0) is 44.9 Å². The van der Waals surface area contributed by atoms with Gasteiger partial charge in [-0.3, -0.25) is 24.2 Å². The van der Waals surface area contributed by atoms with E-state index in [-0.39, 0.29) is 44.1 Å². The third kappa shape index (κ3) is 12.5. The highest BCUT2D eigenvalue weighted by atomic mass is 31.2. The molecule has 0 unspecified atom stereocenters. The lowest BCUT2D eigenvalue weighted by Crippen LogP contribution is -2.45. The molecule has 0 aliphatic rings. The number of amides is 1. The Labute approximate surface area is 192 Å². The number of hydroxylamine groups is 2. The van der Waals surface area contributed by atoms with E-state index in [9.17, 15) is 24.2 Å². The Balaban J connectivity index is 5.79. The molecule has 0 aliphatic heterocycles. The first-order valence-corrected chi connectivity index (χ1v) is 13.2. The van der Waals surface area contributed by atoms with Gasteiger partial charge in [-0.15, -0.1) is 0 Å². The minimum absolute atomic E-state index is 0.00538. The second kappa shape index (κ2) is 15.4. The first-order chi connectivity index (χ1) is 14.8. The van der Waals surface area contributed by atoms with Gasteiger partial charge in [-0.1, -0.05) is 27.7 Å². The standard InChI is InChI=1S/C21H42N3O7P/c1-8-30-20(26)17(13-15(3)4)22-32(29,12-10-11-19(25)24(7)28)23-18(14-16(5)6)21(27)31-9-2/h15-18,28H,8-14H2,1-7H3,(H2,22,23,29)/t17-,18-/m0/s1. The van der Waals surface area contributed by atoms with Crippen LogP contribution in [-0.4, -0.2) is 66.6 Å². The van der Waals surface area contributed by atoms with E-state index in [2.05, 4.69) is 10.2 Å². The van der Waals surface area contributed by atoms with Crippen LogP contribution >= 0.6 is 7.44 Å². The van der Waals surface area contributed by atoms with Gasteiger partial charge in [0.05, 0.1) is 13.2 Å². The lowest BCUT2D eigenvalue weighted by Gasteiger charge is -2.30. The molecule has 32 heavy (non-hydrogen) atoms. The fraction of sp³-hybridized carbons (Fsp3) is 0.857. The molecule has 0 saturated heterocycles. The smallest absolute Gasteiger partial charge is 0.323 e. The van der Waals surface area contributed by atoms with Crippen LogP contribution in [0.2, 0.25) is 0 Å². The quantitative estimate of drug-likeness (QED) is 0.132. The van der Waals surface area contributed by atoms with Crippen molar-refractivity contribution in [2.24, 2.45) is 11.8 Å². The van der Waals surface area contributed by atoms with E-state index in [0.717, 1.165) is 0 Å². The van der Waals surface area contributed by atoms with E-state index < -0.39 is 37.4 Å². The number of carbonyl (C=O) groups is 3. The average molecular weight is 480 g/mol. The number of hydrogen-bond acceptors (Lipinski definition) is 7. The van der Waals surface area contributed by atoms with Crippen LogP contribution < -0.4 is 10.2 Å². The maximum atomic E-state index is 13.9. The molecule has 0 spiro atoms. The number of nitrogens with one attached hydrogen (secondary N) is 2. The Hall–Kier alpha value is -1.48. The Morgan fingerprint density at radius 3 is 1.62 bits per heavy atom. The van der Waals surface area contributed by atoms with Crippen LogP contribution in [0.4, 0.5) is 0 Å². The van der Waals surface area contributed by atoms with Crippen LogP contribution in [0.1, 0.15) is 67.2 Å². The van der Waals surface area contributed by atoms with Crippen LogP contribution in [0.15, 0.2) is 0 Å². The molecule has 0 aliphatic carbocycles. The fourth-order valence-electron chi connectivity index (χ4n) is 3.12. The van der Waals surface area contributed by atoms with Crippen molar-refractivity contribution in [1.82, 2.24) is 15.2 Å². The minimum atomic E-state index is -3.54. The summed E-state index contributed by atoms with van der Waals surface area (Å²) in [7, 11) is -2.32. The number of ether oxygens (including phenoxy) is 2. The average Bonchev–Trinajstić information content (AvgIpc) is 2.66. The summed E-state index contributed by atoms with van der Waals surface area (Å²) in [5.41, 5.74) is 0. The Morgan fingerprint density at radius 1 is 0.906 bits per heavy atom. The van der Waals surface area contributed by atoms with Gasteiger partial charge in [0.25, 0.3) is 0 Å². The summed E-state index contributed by atoms with van der Waals surface area (Å²) in [6.45, 7) is 11.5. The first-order valence-electron chi connectivity index (χ1n) is 11.3. The predicted octanol–water partition coefficient (Wildman–Crippen LogP) is 2.94. The van der Waals surface area contributed by atoms with E-state index in [1.165, 1.54) is 7.05 Å². The number of carbonyl (C=O) groups excluding carboxylic acids is 3. The van der Waals surface area contributed by atoms with Crippen LogP contribution in [0.3, 0.4) is 0 Å². The molecule has 0 radical (unpaired) electrons. The third-order valence-electron chi connectivity index (χ3n) is 4.51. The zero-order chi connectivity index (χ0) is 24.9. The van der Waals surface area contributed by atoms with Gasteiger partial charge in [-0.25, -0.2) is 15.2 Å². The van der Waals surface area contributed by atoms with Crippen molar-refractivity contribution in [3.8, 4) is 0 Å². The monoisotopic (exact) mass is 479 g/mol. The van der Waals surface area contributed by atoms with Crippen molar-refractivity contribution in [2.75, 3.05) is 26.4 Å². The number of esters is 2. The van der Waals surface area contributed by atoms with Crippen molar-refractivity contribution in [2.45, 2.75) is 79.3 Å². The summed E-state index contributed by atoms with van der Waals surface area (Å²) in [5.74, 6) is -1.33. The molecular formula is C21H42N3O7P. The molecule has 3 N–H and O–H groups in total. The van der Waals surface area contributed by atoms with Gasteiger partial charge in [0, 0.05) is 19.6 Å². The molecule has 10 nitrogen and oxygen atoms in total. The molecule has 0 aromatic rings. The van der Waals surface area contributed by atoms with Crippen LogP contribution in [0.5, 0.6) is 0 Å². The van der Waals surface area contributed by atoms with E-state index in [0.29, 0.717) is 17.9 Å². The largest absolute Gasteiger partial charge is 0.465 e.